The van der Waals surface area contributed by atoms with Gasteiger partial charge < -0.3 is 87.6 Å². The monoisotopic (exact) mass is 550 g/mol. The van der Waals surface area contributed by atoms with Gasteiger partial charge in [-0.25, -0.2) is 0 Å². The van der Waals surface area contributed by atoms with Crippen LogP contribution in [0.5, 0.6) is 0 Å². The first-order chi connectivity index (χ1) is 15.6. The van der Waals surface area contributed by atoms with Crippen LogP contribution in [0.2, 0.25) is 0 Å². The molecule has 0 aromatic heterocycles. The van der Waals surface area contributed by atoms with Gasteiger partial charge in [0.05, 0.1) is 8.64 Å². The van der Waals surface area contributed by atoms with Crippen LogP contribution in [0.1, 0.15) is 0 Å². The second kappa shape index (κ2) is 16.8. The highest BCUT2D eigenvalue weighted by atomic mass is 32.1. The molecule has 0 bridgehead atoms. The van der Waals surface area contributed by atoms with Crippen LogP contribution in [0.3, 0.4) is 0 Å². The lowest BCUT2D eigenvalue weighted by Crippen LogP contribution is -2.75. The maximum absolute atomic E-state index is 5.51. The van der Waals surface area contributed by atoms with Gasteiger partial charge in [-0.05, 0) is 0 Å². The average Bonchev–Trinajstić information content (AvgIpc) is 2.81. The van der Waals surface area contributed by atoms with E-state index in [1.54, 1.807) is 0 Å². The minimum atomic E-state index is -0.717. The summed E-state index contributed by atoms with van der Waals surface area (Å²) in [6, 6.07) is 0. The molecule has 15 heteroatoms. The third kappa shape index (κ3) is 9.98. The molecule has 1 radical (unpaired) electrons. The molecule has 0 aliphatic heterocycles. The Kier molecular flexibility index (Phi) is 16.9. The van der Waals surface area contributed by atoms with Gasteiger partial charge in [-0.15, -0.1) is 9.18 Å². The lowest BCUT2D eigenvalue weighted by Gasteiger charge is -2.47. The van der Waals surface area contributed by atoms with E-state index >= 15 is 0 Å². The van der Waals surface area contributed by atoms with Crippen LogP contribution in [0.15, 0.2) is 0 Å². The van der Waals surface area contributed by atoms with Gasteiger partial charge in [0.2, 0.25) is 25.2 Å². The molecule has 0 aliphatic rings. The minimum Gasteiger partial charge on any atom is -0.368 e. The second-order valence-electron chi connectivity index (χ2n) is 6.80. The number of rotatable bonds is 18. The Labute approximate surface area is 218 Å². The summed E-state index contributed by atoms with van der Waals surface area (Å²) in [5, 5.41) is 0. The minimum absolute atomic E-state index is 0.0692. The van der Waals surface area contributed by atoms with E-state index in [9.17, 15) is 0 Å². The Morgan fingerprint density at radius 3 is 0.848 bits per heavy atom. The first-order valence-electron chi connectivity index (χ1n) is 9.71. The zero-order valence-electron chi connectivity index (χ0n) is 20.4. The fourth-order valence-electron chi connectivity index (χ4n) is 2.96. The molecule has 0 spiro atoms. The number of nitrogens with zero attached hydrogens (tertiary/aromatic N) is 3. The molecular weight excluding hydrogens is 514 g/mol. The summed E-state index contributed by atoms with van der Waals surface area (Å²) in [5.41, 5.74) is 5.03. The number of thiocarbonyl (C=S) groups is 2. The molecule has 0 fully saturated rings. The van der Waals surface area contributed by atoms with Crippen molar-refractivity contribution in [2.24, 2.45) is 0 Å². The maximum atomic E-state index is 5.51. The molecule has 0 unspecified atom stereocenters. The van der Waals surface area contributed by atoms with Crippen LogP contribution in [0, 0.1) is 0 Å². The molecule has 0 aliphatic carbocycles. The lowest BCUT2D eigenvalue weighted by atomic mass is 10.4. The Bertz CT molecular complexity index is 501. The highest BCUT2D eigenvalue weighted by Crippen LogP contribution is 2.22. The standard InChI is InChI=1S/C18H38N3O8S4/c1-22-13(23-2)9-20(17(30)31,10-14(24-3)25-4)19-21(18(32)33,11-15(26-5)27-6)12-16(28-7)29-8/h13-16H,9-12H2,1-8H3,(H,30,31)(H,32,33)/q+2/p-2. The van der Waals surface area contributed by atoms with Crippen LogP contribution in [-0.4, -0.2) is 126 Å². The Hall–Kier alpha value is 0.180. The first-order valence-corrected chi connectivity index (χ1v) is 11.3. The van der Waals surface area contributed by atoms with Crippen LogP contribution < -0.4 is 5.53 Å². The molecule has 11 nitrogen and oxygen atoms in total. The van der Waals surface area contributed by atoms with E-state index in [4.69, 9.17) is 93.1 Å². The largest absolute Gasteiger partial charge is 0.368 e. The van der Waals surface area contributed by atoms with Crippen molar-refractivity contribution in [2.75, 3.05) is 83.1 Å². The predicted molar refractivity (Wildman–Crippen MR) is 133 cm³/mol. The third-order valence-electron chi connectivity index (χ3n) is 4.93. The van der Waals surface area contributed by atoms with Gasteiger partial charge >= 0.3 is 0 Å². The number of methoxy groups -OCH3 is 8. The van der Waals surface area contributed by atoms with Crippen molar-refractivity contribution in [1.82, 2.24) is 5.53 Å². The highest BCUT2D eigenvalue weighted by Gasteiger charge is 2.50. The van der Waals surface area contributed by atoms with Crippen LogP contribution in [0.4, 0.5) is 0 Å². The molecular formula is C18H36N3O8S4. The zero-order valence-corrected chi connectivity index (χ0v) is 23.6. The average molecular weight is 551 g/mol. The van der Waals surface area contributed by atoms with Gasteiger partial charge in [0.1, 0.15) is 0 Å². The van der Waals surface area contributed by atoms with Crippen molar-refractivity contribution >= 4 is 58.3 Å². The summed E-state index contributed by atoms with van der Waals surface area (Å²) < 4.78 is 42.8. The SMILES string of the molecule is COC(C[N+](CC(OC)OC)([N][N+](CC(OC)OC)(CC(OC)OC)C(=S)[S-])C(=S)[S-])OC. The van der Waals surface area contributed by atoms with Gasteiger partial charge in [0.15, 0.2) is 31.7 Å². The molecule has 0 saturated heterocycles. The zero-order chi connectivity index (χ0) is 25.7. The molecule has 0 rings (SSSR count). The molecule has 0 amide bonds. The van der Waals surface area contributed by atoms with Gasteiger partial charge in [0.25, 0.3) is 0 Å². The van der Waals surface area contributed by atoms with Crippen molar-refractivity contribution in [2.45, 2.75) is 25.2 Å². The van der Waals surface area contributed by atoms with E-state index in [1.807, 2.05) is 0 Å². The molecule has 0 aromatic rings. The summed E-state index contributed by atoms with van der Waals surface area (Å²) in [5.74, 6) is 0. The summed E-state index contributed by atoms with van der Waals surface area (Å²) >= 11 is 22.0. The van der Waals surface area contributed by atoms with E-state index in [2.05, 4.69) is 0 Å². The quantitative estimate of drug-likeness (QED) is 0.0768. The van der Waals surface area contributed by atoms with Crippen molar-refractivity contribution in [1.29, 1.82) is 0 Å². The first kappa shape index (κ1) is 33.2. The van der Waals surface area contributed by atoms with Gasteiger partial charge in [-0.1, -0.05) is 0 Å². The Balaban J connectivity index is 6.76. The summed E-state index contributed by atoms with van der Waals surface area (Å²) in [7, 11) is 12.0. The number of hydrogen-bond acceptors (Lipinski definition) is 12. The summed E-state index contributed by atoms with van der Waals surface area (Å²) in [6.45, 7) is 0.356. The fraction of sp³-hybridized carbons (Fsp3) is 0.889. The Morgan fingerprint density at radius 2 is 0.727 bits per heavy atom. The highest BCUT2D eigenvalue weighted by molar-refractivity contribution is 8.00. The van der Waals surface area contributed by atoms with Crippen molar-refractivity contribution in [3.63, 3.8) is 0 Å². The molecule has 0 atom stereocenters. The van der Waals surface area contributed by atoms with E-state index in [-0.39, 0.29) is 44.0 Å². The molecule has 0 heterocycles. The van der Waals surface area contributed by atoms with E-state index in [0.29, 0.717) is 0 Å². The van der Waals surface area contributed by atoms with Gasteiger partial charge in [-0.3, -0.25) is 0 Å². The van der Waals surface area contributed by atoms with E-state index in [0.717, 1.165) is 0 Å². The predicted octanol–water partition coefficient (Wildman–Crippen LogP) is 0.194. The number of ether oxygens (including phenoxy) is 8. The smallest absolute Gasteiger partial charge is 0.209 e. The number of hydrogen-bond donors (Lipinski definition) is 0. The fourth-order valence-corrected chi connectivity index (χ4v) is 3.70. The van der Waals surface area contributed by atoms with E-state index < -0.39 is 25.2 Å². The number of quaternary nitrogens is 2. The molecule has 195 valence electrons. The Morgan fingerprint density at radius 1 is 0.545 bits per heavy atom. The summed E-state index contributed by atoms with van der Waals surface area (Å²) in [4.78, 5) is 0. The van der Waals surface area contributed by atoms with Crippen molar-refractivity contribution < 1.29 is 47.1 Å². The molecule has 0 aromatic carbocycles. The van der Waals surface area contributed by atoms with Crippen LogP contribution in [0.25, 0.3) is 0 Å². The molecule has 33 heavy (non-hydrogen) atoms. The molecule has 0 N–H and O–H groups in total. The van der Waals surface area contributed by atoms with E-state index in [1.165, 1.54) is 56.9 Å². The third-order valence-corrected chi connectivity index (χ3v) is 6.29. The lowest BCUT2D eigenvalue weighted by molar-refractivity contribution is -1.10. The topological polar surface area (TPSA) is 87.9 Å². The normalized spacial score (nSPS) is 13.0. The second-order valence-corrected chi connectivity index (χ2v) is 8.86. The summed E-state index contributed by atoms with van der Waals surface area (Å²) in [6.07, 6.45) is -2.87. The van der Waals surface area contributed by atoms with Crippen molar-refractivity contribution in [3.05, 3.63) is 0 Å². The van der Waals surface area contributed by atoms with Crippen LogP contribution in [-0.2, 0) is 63.2 Å². The van der Waals surface area contributed by atoms with Crippen LogP contribution >= 0.6 is 24.4 Å². The van der Waals surface area contributed by atoms with Gasteiger partial charge in [-0.2, -0.15) is 0 Å². The maximum Gasteiger partial charge on any atom is 0.209 e. The molecule has 0 saturated carbocycles. The van der Waals surface area contributed by atoms with Gasteiger partial charge in [0, 0.05) is 56.9 Å². The van der Waals surface area contributed by atoms with Crippen molar-refractivity contribution in [3.8, 4) is 0 Å².